The van der Waals surface area contributed by atoms with Crippen LogP contribution in [0.1, 0.15) is 40.5 Å². The number of nitriles is 1. The minimum atomic E-state index is -0.424. The number of hydrogen-bond acceptors (Lipinski definition) is 5. The number of para-hydroxylation sites is 1. The normalized spacial score (nSPS) is 13.0. The molecule has 0 amide bonds. The van der Waals surface area contributed by atoms with Gasteiger partial charge in [0.15, 0.2) is 5.69 Å². The lowest BCUT2D eigenvalue weighted by molar-refractivity contribution is 0.0440. The van der Waals surface area contributed by atoms with Crippen molar-refractivity contribution in [3.63, 3.8) is 0 Å². The summed E-state index contributed by atoms with van der Waals surface area (Å²) in [6, 6.07) is 20.2. The van der Waals surface area contributed by atoms with E-state index in [4.69, 9.17) is 14.7 Å². The summed E-state index contributed by atoms with van der Waals surface area (Å²) in [5, 5.41) is 13.4. The molecule has 1 saturated carbocycles. The van der Waals surface area contributed by atoms with Crippen molar-refractivity contribution in [2.45, 2.75) is 18.8 Å². The van der Waals surface area contributed by atoms with E-state index in [1.54, 1.807) is 28.9 Å². The molecule has 1 fully saturated rings. The molecule has 0 atom stereocenters. The standard InChI is InChI=1S/C22H19N3O3/c23-15-16-6-10-19(11-7-16)27-12-13-28-22(26)21-14-20(17-8-9-17)24-25(21)18-4-2-1-3-5-18/h1-7,10-11,14,17H,8-9,12-13H2. The van der Waals surface area contributed by atoms with Crippen LogP contribution < -0.4 is 4.74 Å². The van der Waals surface area contributed by atoms with Gasteiger partial charge in [0.2, 0.25) is 0 Å². The third-order valence-electron chi connectivity index (χ3n) is 4.50. The van der Waals surface area contributed by atoms with Gasteiger partial charge in [0, 0.05) is 5.92 Å². The molecule has 0 unspecified atom stereocenters. The first kappa shape index (κ1) is 17.8. The third-order valence-corrected chi connectivity index (χ3v) is 4.50. The summed E-state index contributed by atoms with van der Waals surface area (Å²) >= 11 is 0. The minimum absolute atomic E-state index is 0.123. The molecule has 3 aromatic rings. The molecule has 0 saturated heterocycles. The maximum absolute atomic E-state index is 12.6. The smallest absolute Gasteiger partial charge is 0.357 e. The van der Waals surface area contributed by atoms with Gasteiger partial charge in [-0.2, -0.15) is 10.4 Å². The Labute approximate surface area is 162 Å². The molecule has 6 heteroatoms. The molecule has 1 aliphatic rings. The third kappa shape index (κ3) is 4.04. The van der Waals surface area contributed by atoms with Gasteiger partial charge >= 0.3 is 5.97 Å². The van der Waals surface area contributed by atoms with Crippen molar-refractivity contribution in [1.82, 2.24) is 9.78 Å². The topological polar surface area (TPSA) is 77.1 Å². The number of ether oxygens (including phenoxy) is 2. The van der Waals surface area contributed by atoms with E-state index in [0.717, 1.165) is 24.2 Å². The van der Waals surface area contributed by atoms with Crippen LogP contribution in [0.25, 0.3) is 5.69 Å². The van der Waals surface area contributed by atoms with E-state index in [1.807, 2.05) is 36.4 Å². The fourth-order valence-electron chi connectivity index (χ4n) is 2.88. The lowest BCUT2D eigenvalue weighted by atomic mass is 10.2. The van der Waals surface area contributed by atoms with Crippen LogP contribution in [0.5, 0.6) is 5.75 Å². The van der Waals surface area contributed by atoms with Crippen LogP contribution in [-0.2, 0) is 4.74 Å². The summed E-state index contributed by atoms with van der Waals surface area (Å²) in [7, 11) is 0. The van der Waals surface area contributed by atoms with Gasteiger partial charge in [-0.3, -0.25) is 0 Å². The van der Waals surface area contributed by atoms with Crippen molar-refractivity contribution >= 4 is 5.97 Å². The van der Waals surface area contributed by atoms with Crippen LogP contribution in [0.2, 0.25) is 0 Å². The van der Waals surface area contributed by atoms with Crippen LogP contribution in [-0.4, -0.2) is 29.0 Å². The number of carbonyl (C=O) groups excluding carboxylic acids is 1. The zero-order chi connectivity index (χ0) is 19.3. The summed E-state index contributed by atoms with van der Waals surface area (Å²) in [4.78, 5) is 12.6. The molecule has 0 aliphatic heterocycles. The van der Waals surface area contributed by atoms with E-state index >= 15 is 0 Å². The van der Waals surface area contributed by atoms with E-state index in [1.165, 1.54) is 0 Å². The van der Waals surface area contributed by atoms with Gasteiger partial charge in [-0.25, -0.2) is 9.48 Å². The van der Waals surface area contributed by atoms with Gasteiger partial charge in [-0.05, 0) is 55.3 Å². The Morgan fingerprint density at radius 3 is 2.54 bits per heavy atom. The fourth-order valence-corrected chi connectivity index (χ4v) is 2.88. The van der Waals surface area contributed by atoms with Gasteiger partial charge < -0.3 is 9.47 Å². The lowest BCUT2D eigenvalue weighted by Crippen LogP contribution is -2.16. The van der Waals surface area contributed by atoms with E-state index in [9.17, 15) is 4.79 Å². The van der Waals surface area contributed by atoms with E-state index < -0.39 is 5.97 Å². The van der Waals surface area contributed by atoms with Gasteiger partial charge in [-0.1, -0.05) is 18.2 Å². The summed E-state index contributed by atoms with van der Waals surface area (Å²) in [6.45, 7) is 0.351. The minimum Gasteiger partial charge on any atom is -0.490 e. The Balaban J connectivity index is 1.39. The van der Waals surface area contributed by atoms with E-state index in [2.05, 4.69) is 11.2 Å². The highest BCUT2D eigenvalue weighted by molar-refractivity contribution is 5.88. The molecule has 4 rings (SSSR count). The van der Waals surface area contributed by atoms with Gasteiger partial charge in [-0.15, -0.1) is 0 Å². The lowest BCUT2D eigenvalue weighted by Gasteiger charge is -2.09. The molecule has 2 aromatic carbocycles. The molecule has 0 N–H and O–H groups in total. The Morgan fingerprint density at radius 1 is 1.11 bits per heavy atom. The zero-order valence-corrected chi connectivity index (χ0v) is 15.2. The molecule has 28 heavy (non-hydrogen) atoms. The Morgan fingerprint density at radius 2 is 1.86 bits per heavy atom. The first-order chi connectivity index (χ1) is 13.7. The van der Waals surface area contributed by atoms with Gasteiger partial charge in [0.25, 0.3) is 0 Å². The van der Waals surface area contributed by atoms with Crippen molar-refractivity contribution in [2.24, 2.45) is 0 Å². The summed E-state index contributed by atoms with van der Waals surface area (Å²) < 4.78 is 12.6. The number of rotatable bonds is 7. The first-order valence-corrected chi connectivity index (χ1v) is 9.20. The molecule has 1 heterocycles. The Hall–Kier alpha value is -3.59. The summed E-state index contributed by atoms with van der Waals surface area (Å²) in [6.07, 6.45) is 2.22. The van der Waals surface area contributed by atoms with Crippen molar-refractivity contribution < 1.29 is 14.3 Å². The van der Waals surface area contributed by atoms with Crippen molar-refractivity contribution in [2.75, 3.05) is 13.2 Å². The molecule has 6 nitrogen and oxygen atoms in total. The highest BCUT2D eigenvalue weighted by Crippen LogP contribution is 2.39. The number of aromatic nitrogens is 2. The van der Waals surface area contributed by atoms with Crippen LogP contribution in [0.3, 0.4) is 0 Å². The zero-order valence-electron chi connectivity index (χ0n) is 15.2. The Kier molecular flexibility index (Phi) is 5.07. The predicted molar refractivity (Wildman–Crippen MR) is 102 cm³/mol. The molecule has 1 aliphatic carbocycles. The quantitative estimate of drug-likeness (QED) is 0.464. The second-order valence-electron chi connectivity index (χ2n) is 6.60. The highest BCUT2D eigenvalue weighted by atomic mass is 16.6. The van der Waals surface area contributed by atoms with Crippen LogP contribution in [0, 0.1) is 11.3 Å². The maximum Gasteiger partial charge on any atom is 0.357 e. The monoisotopic (exact) mass is 373 g/mol. The molecule has 0 bridgehead atoms. The van der Waals surface area contributed by atoms with Crippen molar-refractivity contribution in [3.05, 3.63) is 77.6 Å². The number of esters is 1. The van der Waals surface area contributed by atoms with Crippen LogP contribution >= 0.6 is 0 Å². The van der Waals surface area contributed by atoms with Gasteiger partial charge in [0.1, 0.15) is 19.0 Å². The molecule has 0 radical (unpaired) electrons. The summed E-state index contributed by atoms with van der Waals surface area (Å²) in [5.41, 5.74) is 2.76. The molecule has 1 aromatic heterocycles. The molecule has 140 valence electrons. The maximum atomic E-state index is 12.6. The first-order valence-electron chi connectivity index (χ1n) is 9.20. The average molecular weight is 373 g/mol. The van der Waals surface area contributed by atoms with Crippen molar-refractivity contribution in [1.29, 1.82) is 5.26 Å². The SMILES string of the molecule is N#Cc1ccc(OCCOC(=O)c2cc(C3CC3)nn2-c2ccccc2)cc1. The van der Waals surface area contributed by atoms with Crippen LogP contribution in [0.15, 0.2) is 60.7 Å². The Bertz CT molecular complexity index is 1000. The molecular formula is C22H19N3O3. The highest BCUT2D eigenvalue weighted by Gasteiger charge is 2.29. The molecule has 0 spiro atoms. The number of nitrogens with zero attached hydrogens (tertiary/aromatic N) is 3. The molecular weight excluding hydrogens is 354 g/mol. The van der Waals surface area contributed by atoms with E-state index in [0.29, 0.717) is 22.9 Å². The fraction of sp³-hybridized carbons (Fsp3) is 0.227. The number of hydrogen-bond donors (Lipinski definition) is 0. The van der Waals surface area contributed by atoms with Crippen molar-refractivity contribution in [3.8, 4) is 17.5 Å². The number of benzene rings is 2. The summed E-state index contributed by atoms with van der Waals surface area (Å²) in [5.74, 6) is 0.642. The van der Waals surface area contributed by atoms with Gasteiger partial charge in [0.05, 0.1) is 23.0 Å². The second kappa shape index (κ2) is 7.97. The average Bonchev–Trinajstić information content (AvgIpc) is 3.50. The van der Waals surface area contributed by atoms with Crippen LogP contribution in [0.4, 0.5) is 0 Å². The van der Waals surface area contributed by atoms with E-state index in [-0.39, 0.29) is 13.2 Å². The largest absolute Gasteiger partial charge is 0.490 e. The predicted octanol–water partition coefficient (Wildman–Crippen LogP) is 3.86. The second-order valence-corrected chi connectivity index (χ2v) is 6.60. The number of carbonyl (C=O) groups is 1.